The second-order valence-electron chi connectivity index (χ2n) is 6.12. The van der Waals surface area contributed by atoms with Gasteiger partial charge in [-0.1, -0.05) is 18.2 Å². The van der Waals surface area contributed by atoms with Crippen LogP contribution in [0.4, 0.5) is 11.5 Å². The van der Waals surface area contributed by atoms with Crippen LogP contribution in [0.1, 0.15) is 0 Å². The van der Waals surface area contributed by atoms with Gasteiger partial charge in [0.05, 0.1) is 11.9 Å². The lowest BCUT2D eigenvalue weighted by molar-refractivity contribution is -0.117. The van der Waals surface area contributed by atoms with Gasteiger partial charge in [-0.15, -0.1) is 0 Å². The molecule has 0 radical (unpaired) electrons. The van der Waals surface area contributed by atoms with E-state index in [1.807, 2.05) is 18.2 Å². The number of nitrogens with one attached hydrogen (secondary N) is 2. The number of aromatic nitrogens is 3. The monoisotopic (exact) mass is 336 g/mol. The summed E-state index contributed by atoms with van der Waals surface area (Å²) in [7, 11) is 0. The fourth-order valence-electron chi connectivity index (χ4n) is 3.13. The Bertz CT molecular complexity index is 854. The summed E-state index contributed by atoms with van der Waals surface area (Å²) in [5.41, 5.74) is 1.84. The number of amides is 1. The summed E-state index contributed by atoms with van der Waals surface area (Å²) in [6.45, 7) is 3.97. The number of piperazine rings is 1. The van der Waals surface area contributed by atoms with Crippen LogP contribution in [0, 0.1) is 0 Å². The second-order valence-corrected chi connectivity index (χ2v) is 6.12. The van der Waals surface area contributed by atoms with Crippen LogP contribution in [0.5, 0.6) is 0 Å². The van der Waals surface area contributed by atoms with Gasteiger partial charge in [0.25, 0.3) is 0 Å². The van der Waals surface area contributed by atoms with E-state index in [0.717, 1.165) is 31.6 Å². The zero-order valence-corrected chi connectivity index (χ0v) is 13.9. The van der Waals surface area contributed by atoms with E-state index in [4.69, 9.17) is 0 Å². The van der Waals surface area contributed by atoms with Crippen LogP contribution < -0.4 is 10.2 Å². The minimum atomic E-state index is -0.0393. The highest BCUT2D eigenvalue weighted by atomic mass is 16.2. The van der Waals surface area contributed by atoms with E-state index in [-0.39, 0.29) is 5.91 Å². The molecule has 0 atom stereocenters. The maximum absolute atomic E-state index is 12.3. The van der Waals surface area contributed by atoms with Crippen LogP contribution in [0.3, 0.4) is 0 Å². The number of para-hydroxylation sites is 1. The Morgan fingerprint density at radius 2 is 1.88 bits per heavy atom. The van der Waals surface area contributed by atoms with Gasteiger partial charge in [-0.05, 0) is 24.3 Å². The van der Waals surface area contributed by atoms with Crippen molar-refractivity contribution in [1.82, 2.24) is 20.1 Å². The zero-order valence-electron chi connectivity index (χ0n) is 13.9. The number of rotatable bonds is 4. The summed E-state index contributed by atoms with van der Waals surface area (Å²) in [6.07, 6.45) is 1.68. The van der Waals surface area contributed by atoms with Gasteiger partial charge in [0.15, 0.2) is 5.65 Å². The highest BCUT2D eigenvalue weighted by Gasteiger charge is 2.19. The lowest BCUT2D eigenvalue weighted by Crippen LogP contribution is -2.48. The van der Waals surface area contributed by atoms with Gasteiger partial charge in [0, 0.05) is 38.1 Å². The zero-order chi connectivity index (χ0) is 17.1. The fraction of sp³-hybridized carbons (Fsp3) is 0.278. The van der Waals surface area contributed by atoms with Crippen molar-refractivity contribution in [3.05, 3.63) is 48.7 Å². The van der Waals surface area contributed by atoms with E-state index < -0.39 is 0 Å². The molecule has 4 rings (SSSR count). The molecule has 1 amide bonds. The quantitative estimate of drug-likeness (QED) is 0.759. The molecule has 7 heteroatoms. The topological polar surface area (TPSA) is 77.2 Å². The van der Waals surface area contributed by atoms with E-state index >= 15 is 0 Å². The van der Waals surface area contributed by atoms with E-state index in [2.05, 4.69) is 54.6 Å². The molecule has 25 heavy (non-hydrogen) atoms. The number of aromatic amines is 1. The summed E-state index contributed by atoms with van der Waals surface area (Å²) in [6, 6.07) is 14.1. The molecule has 3 heterocycles. The van der Waals surface area contributed by atoms with E-state index in [9.17, 15) is 4.79 Å². The van der Waals surface area contributed by atoms with Crippen LogP contribution in [0.15, 0.2) is 48.7 Å². The number of benzene rings is 1. The van der Waals surface area contributed by atoms with Crippen LogP contribution >= 0.6 is 0 Å². The average Bonchev–Trinajstić information content (AvgIpc) is 3.06. The minimum Gasteiger partial charge on any atom is -0.369 e. The maximum Gasteiger partial charge on any atom is 0.239 e. The van der Waals surface area contributed by atoms with E-state index in [1.165, 1.54) is 5.69 Å². The summed E-state index contributed by atoms with van der Waals surface area (Å²) in [5, 5.41) is 10.7. The number of H-pyrrole nitrogens is 1. The Hall–Kier alpha value is -2.93. The predicted molar refractivity (Wildman–Crippen MR) is 97.6 cm³/mol. The second kappa shape index (κ2) is 6.90. The van der Waals surface area contributed by atoms with Crippen LogP contribution in [0.2, 0.25) is 0 Å². The third-order valence-electron chi connectivity index (χ3n) is 4.45. The summed E-state index contributed by atoms with van der Waals surface area (Å²) in [5.74, 6) is 0.568. The van der Waals surface area contributed by atoms with Crippen molar-refractivity contribution in [2.24, 2.45) is 0 Å². The molecule has 1 saturated heterocycles. The lowest BCUT2D eigenvalue weighted by atomic mass is 10.2. The maximum atomic E-state index is 12.3. The standard InChI is InChI=1S/C18H20N6O/c25-16(20-18-15-7-4-8-19-17(15)21-22-18)13-23-9-11-24(12-10-23)14-5-2-1-3-6-14/h1-8H,9-13H2,(H2,19,20,21,22,25). The van der Waals surface area contributed by atoms with Gasteiger partial charge in [-0.3, -0.25) is 14.8 Å². The predicted octanol–water partition coefficient (Wildman–Crippen LogP) is 1.72. The average molecular weight is 336 g/mol. The molecule has 7 nitrogen and oxygen atoms in total. The Kier molecular flexibility index (Phi) is 4.30. The molecule has 3 aromatic rings. The lowest BCUT2D eigenvalue weighted by Gasteiger charge is -2.35. The molecule has 0 saturated carbocycles. The van der Waals surface area contributed by atoms with Gasteiger partial charge >= 0.3 is 0 Å². The van der Waals surface area contributed by atoms with Crippen molar-refractivity contribution < 1.29 is 4.79 Å². The highest BCUT2D eigenvalue weighted by molar-refractivity contribution is 5.99. The first-order valence-corrected chi connectivity index (χ1v) is 8.41. The van der Waals surface area contributed by atoms with E-state index in [0.29, 0.717) is 18.0 Å². The van der Waals surface area contributed by atoms with Crippen molar-refractivity contribution in [1.29, 1.82) is 0 Å². The summed E-state index contributed by atoms with van der Waals surface area (Å²) >= 11 is 0. The molecule has 0 unspecified atom stereocenters. The Balaban J connectivity index is 1.32. The largest absolute Gasteiger partial charge is 0.369 e. The molecule has 128 valence electrons. The number of anilines is 2. The van der Waals surface area contributed by atoms with E-state index in [1.54, 1.807) is 6.20 Å². The minimum absolute atomic E-state index is 0.0393. The van der Waals surface area contributed by atoms with Gasteiger partial charge in [0.1, 0.15) is 5.82 Å². The third kappa shape index (κ3) is 3.46. The first-order chi connectivity index (χ1) is 12.3. The molecular weight excluding hydrogens is 316 g/mol. The molecule has 1 fully saturated rings. The molecule has 1 aliphatic heterocycles. The number of nitrogens with zero attached hydrogens (tertiary/aromatic N) is 4. The van der Waals surface area contributed by atoms with Crippen molar-refractivity contribution >= 4 is 28.4 Å². The van der Waals surface area contributed by atoms with Crippen molar-refractivity contribution in [3.63, 3.8) is 0 Å². The van der Waals surface area contributed by atoms with Crippen molar-refractivity contribution in [3.8, 4) is 0 Å². The molecule has 0 aliphatic carbocycles. The first-order valence-electron chi connectivity index (χ1n) is 8.41. The normalized spacial score (nSPS) is 15.4. The number of hydrogen-bond donors (Lipinski definition) is 2. The third-order valence-corrected chi connectivity index (χ3v) is 4.45. The van der Waals surface area contributed by atoms with Gasteiger partial charge < -0.3 is 10.2 Å². The highest BCUT2D eigenvalue weighted by Crippen LogP contribution is 2.18. The molecule has 0 spiro atoms. The van der Waals surface area contributed by atoms with Crippen molar-refractivity contribution in [2.75, 3.05) is 42.9 Å². The molecule has 2 N–H and O–H groups in total. The molecule has 0 bridgehead atoms. The van der Waals surface area contributed by atoms with Crippen LogP contribution in [-0.4, -0.2) is 58.7 Å². The van der Waals surface area contributed by atoms with Crippen LogP contribution in [0.25, 0.3) is 11.0 Å². The SMILES string of the molecule is O=C(CN1CCN(c2ccccc2)CC1)Nc1[nH]nc2ncccc12. The smallest absolute Gasteiger partial charge is 0.239 e. The fourth-order valence-corrected chi connectivity index (χ4v) is 3.13. The number of carbonyl (C=O) groups excluding carboxylic acids is 1. The molecular formula is C18H20N6O. The summed E-state index contributed by atoms with van der Waals surface area (Å²) in [4.78, 5) is 21.0. The Labute approximate surface area is 145 Å². The molecule has 2 aromatic heterocycles. The van der Waals surface area contributed by atoms with Gasteiger partial charge in [-0.25, -0.2) is 4.98 Å². The first kappa shape index (κ1) is 15.6. The summed E-state index contributed by atoms with van der Waals surface area (Å²) < 4.78 is 0. The van der Waals surface area contributed by atoms with Crippen LogP contribution in [-0.2, 0) is 4.79 Å². The number of pyridine rings is 1. The number of hydrogen-bond acceptors (Lipinski definition) is 5. The van der Waals surface area contributed by atoms with Gasteiger partial charge in [0.2, 0.25) is 5.91 Å². The Morgan fingerprint density at radius 1 is 1.08 bits per heavy atom. The number of fused-ring (bicyclic) bond motifs is 1. The van der Waals surface area contributed by atoms with Crippen molar-refractivity contribution in [2.45, 2.75) is 0 Å². The van der Waals surface area contributed by atoms with Gasteiger partial charge in [-0.2, -0.15) is 5.10 Å². The number of carbonyl (C=O) groups is 1. The Morgan fingerprint density at radius 3 is 2.68 bits per heavy atom. The molecule has 1 aromatic carbocycles. The molecule has 1 aliphatic rings.